The molecule has 0 atom stereocenters. The van der Waals surface area contributed by atoms with Gasteiger partial charge < -0.3 is 30.7 Å². The quantitative estimate of drug-likeness (QED) is 0.124. The van der Waals surface area contributed by atoms with E-state index >= 15 is 0 Å². The van der Waals surface area contributed by atoms with Crippen LogP contribution in [0.1, 0.15) is 284 Å². The number of piperidine rings is 1. The number of carbonyl (C=O) groups is 6. The molecule has 2 fully saturated rings. The number of benzene rings is 7. The minimum Gasteiger partial charge on any atom is -0.352 e. The van der Waals surface area contributed by atoms with Gasteiger partial charge in [-0.25, -0.2) is 0 Å². The first-order chi connectivity index (χ1) is 55.8. The smallest absolute Gasteiger partial charge is 0.251 e. The molecular weight excluding hydrogens is 1470 g/mol. The summed E-state index contributed by atoms with van der Waals surface area (Å²) in [6.07, 6.45) is 23.8. The first-order valence-electron chi connectivity index (χ1n) is 43.6. The van der Waals surface area contributed by atoms with Crippen LogP contribution in [0, 0.1) is 0 Å². The van der Waals surface area contributed by atoms with Gasteiger partial charge in [0.05, 0.1) is 0 Å². The minimum absolute atomic E-state index is 0.0142. The molecule has 0 radical (unpaired) electrons. The molecule has 0 unspecified atom stereocenters. The summed E-state index contributed by atoms with van der Waals surface area (Å²) in [6, 6.07) is 49.2. The Hall–Kier alpha value is -10.2. The highest BCUT2D eigenvalue weighted by Crippen LogP contribution is 2.39. The Bertz CT molecular complexity index is 5110. The third kappa shape index (κ3) is 24.3. The van der Waals surface area contributed by atoms with Gasteiger partial charge in [-0.15, -0.1) is 0 Å². The molecule has 2 aliphatic heterocycles. The number of para-hydroxylation sites is 1. The van der Waals surface area contributed by atoms with Gasteiger partial charge in [0.2, 0.25) is 29.5 Å². The lowest BCUT2D eigenvalue weighted by Gasteiger charge is -2.27. The Morgan fingerprint density at radius 1 is 0.345 bits per heavy atom. The molecule has 0 aromatic heterocycles. The molecule has 7 aromatic rings. The van der Waals surface area contributed by atoms with Crippen molar-refractivity contribution in [2.24, 2.45) is 0 Å². The molecule has 0 bridgehead atoms. The summed E-state index contributed by atoms with van der Waals surface area (Å²) in [4.78, 5) is 79.1. The van der Waals surface area contributed by atoms with Crippen LogP contribution in [0.3, 0.4) is 0 Å². The number of nitrogens with one attached hydrogen (secondary N) is 3. The van der Waals surface area contributed by atoms with Gasteiger partial charge in [0, 0.05) is 131 Å². The fourth-order valence-electron chi connectivity index (χ4n) is 15.8. The van der Waals surface area contributed by atoms with Gasteiger partial charge in [0.15, 0.2) is 0 Å². The van der Waals surface area contributed by atoms with Crippen molar-refractivity contribution in [2.45, 2.75) is 261 Å². The Morgan fingerprint density at radius 3 is 0.908 bits per heavy atom. The third-order valence-corrected chi connectivity index (χ3v) is 23.5. The number of anilines is 1. The number of carbonyl (C=O) groups excluding carboxylic acids is 6. The summed E-state index contributed by atoms with van der Waals surface area (Å²) in [5.74, 6) is 0.737. The lowest BCUT2D eigenvalue weighted by Crippen LogP contribution is -2.36. The molecule has 630 valence electrons. The van der Waals surface area contributed by atoms with E-state index in [9.17, 15) is 28.8 Å². The zero-order valence-electron chi connectivity index (χ0n) is 76.1. The Labute approximate surface area is 713 Å². The van der Waals surface area contributed by atoms with Crippen LogP contribution < -0.4 is 16.0 Å². The summed E-state index contributed by atoms with van der Waals surface area (Å²) in [6.45, 7) is 50.4. The normalized spacial score (nSPS) is 15.5. The number of likely N-dealkylation sites (N-methyl/N-ethyl adjacent to an activating group) is 1. The molecule has 3 N–H and O–H groups in total. The monoisotopic (exact) mass is 1600 g/mol. The van der Waals surface area contributed by atoms with Crippen molar-refractivity contribution >= 4 is 77.6 Å². The molecule has 12 heteroatoms. The number of nitrogens with zero attached hydrogens (tertiary/aromatic N) is 3. The zero-order chi connectivity index (χ0) is 86.9. The van der Waals surface area contributed by atoms with E-state index in [0.29, 0.717) is 6.42 Å². The Morgan fingerprint density at radius 2 is 0.613 bits per heavy atom. The highest BCUT2D eigenvalue weighted by atomic mass is 16.2. The summed E-state index contributed by atoms with van der Waals surface area (Å²) in [5, 5.41) is 8.86. The predicted molar refractivity (Wildman–Crippen MR) is 498 cm³/mol. The topological polar surface area (TPSA) is 148 Å². The maximum Gasteiger partial charge on any atom is 0.251 e. The predicted octanol–water partition coefficient (Wildman–Crippen LogP) is 22.0. The standard InChI is InChI=1S/C20H21NO.C19H25NO.C18H23NO.2C17H23NO.C16H21NO/c1-20(2,3)17-10-9-14-11-16(12-15(14)13-17)19(22)21-18-7-5-4-6-8-18;1-19(2,3)17-8-7-14-11-16(12-15(14)13-17)18(21)20-9-5-4-6-10-20;1-18(2,3)16-7-6-13-10-15(11-14(13)12-16)17(20)19-8-4-5-9-19;1-11(2)18-16(19)14-8-12-6-7-15(17(3,4)5)10-13(12)9-14;1-5-8-18-16(19)14-9-12-6-7-15(17(2,3)4)11-13(12)10-14;1-16(2,3)14-7-6-11-8-13(9-12(11)10-14)15(18)17(4)5/h4-10,12-13H,11H2,1-3H3,(H,21,22);7-8,12-13H,4-6,9-11H2,1-3H3;6-7,11-12H,4-5,8-10H2,1-3H3;6-7,9-11H,8H2,1-5H3,(H,18,19);6-7,10-11H,5,8-9H2,1-4H3,(H,18,19);6-7,9-10H,8H2,1-5H3. The van der Waals surface area contributed by atoms with E-state index in [1.165, 1.54) is 107 Å². The molecule has 6 amide bonds. The summed E-state index contributed by atoms with van der Waals surface area (Å²) in [5.41, 5.74) is 29.9. The molecular formula is C107H136N6O6. The number of rotatable bonds is 10. The molecule has 7 aromatic carbocycles. The van der Waals surface area contributed by atoms with E-state index < -0.39 is 0 Å². The van der Waals surface area contributed by atoms with Crippen LogP contribution in [0.5, 0.6) is 0 Å². The largest absolute Gasteiger partial charge is 0.352 e. The second-order valence-electron chi connectivity index (χ2n) is 40.3. The van der Waals surface area contributed by atoms with Crippen LogP contribution in [0.15, 0.2) is 173 Å². The van der Waals surface area contributed by atoms with Gasteiger partial charge in [-0.3, -0.25) is 28.8 Å². The van der Waals surface area contributed by atoms with Crippen molar-refractivity contribution in [3.05, 3.63) is 273 Å². The zero-order valence-corrected chi connectivity index (χ0v) is 76.1. The van der Waals surface area contributed by atoms with E-state index in [4.69, 9.17) is 0 Å². The summed E-state index contributed by atoms with van der Waals surface area (Å²) in [7, 11) is 3.60. The molecule has 0 spiro atoms. The first kappa shape index (κ1) is 91.1. The highest BCUT2D eigenvalue weighted by molar-refractivity contribution is 6.09. The first-order valence-corrected chi connectivity index (χ1v) is 43.6. The summed E-state index contributed by atoms with van der Waals surface area (Å²) >= 11 is 0. The van der Waals surface area contributed by atoms with Gasteiger partial charge in [-0.05, 0) is 234 Å². The van der Waals surface area contributed by atoms with E-state index in [2.05, 4.69) is 269 Å². The van der Waals surface area contributed by atoms with Crippen molar-refractivity contribution in [3.8, 4) is 0 Å². The van der Waals surface area contributed by atoms with Crippen molar-refractivity contribution in [1.82, 2.24) is 25.3 Å². The summed E-state index contributed by atoms with van der Waals surface area (Å²) < 4.78 is 0. The van der Waals surface area contributed by atoms with Crippen LogP contribution in [-0.2, 0) is 99.8 Å². The van der Waals surface area contributed by atoms with E-state index in [-0.39, 0.29) is 74.0 Å². The molecule has 2 heterocycles. The van der Waals surface area contributed by atoms with Crippen molar-refractivity contribution in [3.63, 3.8) is 0 Å². The van der Waals surface area contributed by atoms with Crippen LogP contribution in [-0.4, -0.2) is 103 Å². The lowest BCUT2D eigenvalue weighted by atomic mass is 9.85. The second-order valence-corrected chi connectivity index (χ2v) is 40.3. The average molecular weight is 1600 g/mol. The van der Waals surface area contributed by atoms with Crippen LogP contribution in [0.4, 0.5) is 5.69 Å². The molecule has 8 aliphatic rings. The SMILES string of the molecule is CC(C)(C)c1ccc2c(c1)C=C(C(=O)N1CCCC1)C2.CC(C)(C)c1ccc2c(c1)C=C(C(=O)N1CCCCC1)C2.CC(C)(C)c1ccc2c(c1)C=C(C(=O)Nc1ccccc1)C2.CC(C)NC(=O)C1=Cc2cc(C(C)(C)C)ccc2C1.CCCNC(=O)C1=Cc2cc(C(C)(C)C)ccc2C1.CN(C)C(=O)C1=Cc2cc(C(C)(C)C)ccc2C1. The van der Waals surface area contributed by atoms with E-state index in [0.717, 1.165) is 136 Å². The highest BCUT2D eigenvalue weighted by Gasteiger charge is 2.31. The average Bonchev–Trinajstić information content (AvgIpc) is 1.70. The van der Waals surface area contributed by atoms with E-state index in [1.807, 2.05) is 78.3 Å². The van der Waals surface area contributed by atoms with Crippen LogP contribution in [0.2, 0.25) is 0 Å². The maximum absolute atomic E-state index is 12.6. The van der Waals surface area contributed by atoms with Crippen LogP contribution >= 0.6 is 0 Å². The molecule has 0 saturated carbocycles. The number of fused-ring (bicyclic) bond motifs is 6. The third-order valence-electron chi connectivity index (χ3n) is 23.5. The lowest BCUT2D eigenvalue weighted by molar-refractivity contribution is -0.128. The number of likely N-dealkylation sites (tertiary alicyclic amines) is 2. The molecule has 2 saturated heterocycles. The molecule has 6 aliphatic carbocycles. The molecule has 12 nitrogen and oxygen atoms in total. The minimum atomic E-state index is -0.0142. The van der Waals surface area contributed by atoms with E-state index in [1.54, 1.807) is 19.0 Å². The van der Waals surface area contributed by atoms with Gasteiger partial charge in [-0.2, -0.15) is 0 Å². The Kier molecular flexibility index (Phi) is 29.1. The molecule has 119 heavy (non-hydrogen) atoms. The number of hydrogen-bond donors (Lipinski definition) is 3. The van der Waals surface area contributed by atoms with Gasteiger partial charge in [-0.1, -0.05) is 259 Å². The Balaban J connectivity index is 0.000000150. The number of amides is 6. The van der Waals surface area contributed by atoms with Crippen molar-refractivity contribution < 1.29 is 28.8 Å². The fraction of sp³-hybridized carbons (Fsp3) is 0.439. The van der Waals surface area contributed by atoms with Crippen molar-refractivity contribution in [2.75, 3.05) is 52.1 Å². The van der Waals surface area contributed by atoms with Crippen molar-refractivity contribution in [1.29, 1.82) is 0 Å². The van der Waals surface area contributed by atoms with Crippen LogP contribution in [0.25, 0.3) is 36.5 Å². The van der Waals surface area contributed by atoms with Gasteiger partial charge in [0.1, 0.15) is 0 Å². The van der Waals surface area contributed by atoms with Gasteiger partial charge in [0.25, 0.3) is 5.91 Å². The van der Waals surface area contributed by atoms with Gasteiger partial charge >= 0.3 is 0 Å². The number of hydrogen-bond acceptors (Lipinski definition) is 6. The second kappa shape index (κ2) is 38.0. The molecule has 15 rings (SSSR count). The fourth-order valence-corrected chi connectivity index (χ4v) is 15.8. The maximum atomic E-state index is 12.6.